The molecule has 10 nitrogen and oxygen atoms in total. The molecule has 0 radical (unpaired) electrons. The standard InChI is InChI=1S/C25H31N4O6PS/c1-5-13-35-23-8-6-7-9-24(23)37(32,33)29(25(3,4)36(30)31)21-15-19(2)16-22(17-21)34-14-12-26-20-10-11-27-28-18-20/h6-11,15-18H,5,12-14H2,1-4H3,(H,26,27). The van der Waals surface area contributed by atoms with Gasteiger partial charge in [0.2, 0.25) is 0 Å². The zero-order valence-corrected chi connectivity index (χ0v) is 23.0. The van der Waals surface area contributed by atoms with Gasteiger partial charge in [-0.2, -0.15) is 10.2 Å². The zero-order valence-electron chi connectivity index (χ0n) is 21.2. The molecule has 1 heterocycles. The predicted molar refractivity (Wildman–Crippen MR) is 141 cm³/mol. The first-order valence-electron chi connectivity index (χ1n) is 11.7. The number of rotatable bonds is 13. The number of hydrogen-bond acceptors (Lipinski definition) is 9. The molecule has 0 saturated heterocycles. The van der Waals surface area contributed by atoms with Gasteiger partial charge in [-0.05, 0) is 63.1 Å². The Morgan fingerprint density at radius 3 is 2.46 bits per heavy atom. The molecule has 0 saturated carbocycles. The van der Waals surface area contributed by atoms with Gasteiger partial charge in [-0.25, -0.2) is 21.9 Å². The molecule has 0 atom stereocenters. The minimum absolute atomic E-state index is 0.118. The Balaban J connectivity index is 1.98. The van der Waals surface area contributed by atoms with Gasteiger partial charge < -0.3 is 14.8 Å². The van der Waals surface area contributed by atoms with Gasteiger partial charge in [0.25, 0.3) is 10.0 Å². The van der Waals surface area contributed by atoms with Crippen LogP contribution in [0.25, 0.3) is 0 Å². The number of nitrogens with zero attached hydrogens (tertiary/aromatic N) is 3. The predicted octanol–water partition coefficient (Wildman–Crippen LogP) is 5.17. The minimum Gasteiger partial charge on any atom is -0.492 e. The highest BCUT2D eigenvalue weighted by Crippen LogP contribution is 2.43. The molecule has 0 bridgehead atoms. The van der Waals surface area contributed by atoms with Crippen molar-refractivity contribution in [2.45, 2.75) is 44.3 Å². The van der Waals surface area contributed by atoms with Crippen LogP contribution in [0.1, 0.15) is 32.8 Å². The summed E-state index contributed by atoms with van der Waals surface area (Å²) in [4.78, 5) is -0.118. The zero-order chi connectivity index (χ0) is 27.1. The second-order valence-electron chi connectivity index (χ2n) is 8.73. The van der Waals surface area contributed by atoms with E-state index in [1.54, 1.807) is 55.7 Å². The largest absolute Gasteiger partial charge is 0.492 e. The maximum atomic E-state index is 14.0. The number of sulfonamides is 1. The molecule has 0 aliphatic heterocycles. The van der Waals surface area contributed by atoms with Crippen molar-refractivity contribution >= 4 is 29.1 Å². The summed E-state index contributed by atoms with van der Waals surface area (Å²) in [6, 6.07) is 12.9. The van der Waals surface area contributed by atoms with E-state index in [0.717, 1.165) is 9.99 Å². The fourth-order valence-electron chi connectivity index (χ4n) is 3.60. The van der Waals surface area contributed by atoms with Crippen LogP contribution in [0.3, 0.4) is 0 Å². The quantitative estimate of drug-likeness (QED) is 0.228. The summed E-state index contributed by atoms with van der Waals surface area (Å²) in [5.74, 6) is 0.560. The molecule has 2 aromatic carbocycles. The van der Waals surface area contributed by atoms with Crippen molar-refractivity contribution in [3.63, 3.8) is 0 Å². The molecule has 3 aromatic rings. The van der Waals surface area contributed by atoms with Crippen molar-refractivity contribution in [1.82, 2.24) is 10.2 Å². The first kappa shape index (κ1) is 28.1. The molecule has 3 rings (SSSR count). The smallest absolute Gasteiger partial charge is 0.342 e. The van der Waals surface area contributed by atoms with E-state index in [1.807, 2.05) is 6.92 Å². The summed E-state index contributed by atoms with van der Waals surface area (Å²) in [6.07, 6.45) is 3.84. The van der Waals surface area contributed by atoms with Crippen molar-refractivity contribution in [1.29, 1.82) is 0 Å². The van der Waals surface area contributed by atoms with Gasteiger partial charge in [-0.3, -0.25) is 0 Å². The molecule has 1 aromatic heterocycles. The number of aryl methyl sites for hydroxylation is 1. The van der Waals surface area contributed by atoms with E-state index < -0.39 is 23.0 Å². The van der Waals surface area contributed by atoms with E-state index in [2.05, 4.69) is 15.5 Å². The third-order valence-corrected chi connectivity index (χ3v) is 8.60. The van der Waals surface area contributed by atoms with Crippen molar-refractivity contribution in [3.8, 4) is 11.5 Å². The average molecular weight is 547 g/mol. The summed E-state index contributed by atoms with van der Waals surface area (Å²) in [7, 11) is -7.57. The third-order valence-electron chi connectivity index (χ3n) is 5.33. The number of nitrogens with one attached hydrogen (secondary N) is 1. The van der Waals surface area contributed by atoms with E-state index in [0.29, 0.717) is 30.9 Å². The number of ether oxygens (including phenoxy) is 2. The molecule has 0 aliphatic rings. The highest BCUT2D eigenvalue weighted by atomic mass is 32.2. The summed E-state index contributed by atoms with van der Waals surface area (Å²) >= 11 is 0. The van der Waals surface area contributed by atoms with E-state index in [9.17, 15) is 17.5 Å². The van der Waals surface area contributed by atoms with E-state index in [4.69, 9.17) is 9.47 Å². The van der Waals surface area contributed by atoms with Gasteiger partial charge >= 0.3 is 7.68 Å². The van der Waals surface area contributed by atoms with Crippen LogP contribution in [0, 0.1) is 6.92 Å². The first-order chi connectivity index (χ1) is 17.6. The van der Waals surface area contributed by atoms with Crippen LogP contribution in [0.5, 0.6) is 11.5 Å². The molecular formula is C25H31N4O6PS. The van der Waals surface area contributed by atoms with Crippen molar-refractivity contribution in [2.75, 3.05) is 29.4 Å². The van der Waals surface area contributed by atoms with Crippen LogP contribution >= 0.6 is 7.68 Å². The van der Waals surface area contributed by atoms with Gasteiger partial charge in [0.1, 0.15) is 23.0 Å². The Morgan fingerprint density at radius 2 is 1.78 bits per heavy atom. The molecule has 0 aliphatic carbocycles. The fourth-order valence-corrected chi connectivity index (χ4v) is 6.19. The van der Waals surface area contributed by atoms with Crippen LogP contribution in [0.15, 0.2) is 65.8 Å². The number of aromatic nitrogens is 2. The lowest BCUT2D eigenvalue weighted by molar-refractivity contribution is 0.309. The highest BCUT2D eigenvalue weighted by molar-refractivity contribution is 7.93. The van der Waals surface area contributed by atoms with Crippen LogP contribution in [-0.4, -0.2) is 43.7 Å². The Labute approximate surface area is 217 Å². The van der Waals surface area contributed by atoms with E-state index in [-0.39, 0.29) is 22.9 Å². The Bertz CT molecular complexity index is 1370. The Kier molecular flexibility index (Phi) is 9.29. The lowest BCUT2D eigenvalue weighted by atomic mass is 10.2. The van der Waals surface area contributed by atoms with Crippen LogP contribution in [0.2, 0.25) is 0 Å². The van der Waals surface area contributed by atoms with Gasteiger partial charge in [0.05, 0.1) is 30.4 Å². The lowest BCUT2D eigenvalue weighted by Gasteiger charge is -2.34. The lowest BCUT2D eigenvalue weighted by Crippen LogP contribution is -2.45. The summed E-state index contributed by atoms with van der Waals surface area (Å²) in [6.45, 7) is 7.43. The van der Waals surface area contributed by atoms with Crippen LogP contribution in [-0.2, 0) is 19.2 Å². The van der Waals surface area contributed by atoms with Gasteiger partial charge in [0.15, 0.2) is 5.28 Å². The number of benzene rings is 2. The third kappa shape index (κ3) is 6.87. The first-order valence-corrected chi connectivity index (χ1v) is 14.4. The topological polar surface area (TPSA) is 128 Å². The monoisotopic (exact) mass is 546 g/mol. The van der Waals surface area contributed by atoms with Crippen molar-refractivity contribution < 1.29 is 27.0 Å². The molecule has 1 N–H and O–H groups in total. The number of hydrogen-bond donors (Lipinski definition) is 1. The molecule has 0 unspecified atom stereocenters. The Morgan fingerprint density at radius 1 is 1.03 bits per heavy atom. The Hall–Kier alpha value is -3.43. The summed E-state index contributed by atoms with van der Waals surface area (Å²) in [5, 5.41) is 8.88. The average Bonchev–Trinajstić information content (AvgIpc) is 2.85. The molecule has 0 fully saturated rings. The van der Waals surface area contributed by atoms with E-state index >= 15 is 0 Å². The van der Waals surface area contributed by atoms with Crippen molar-refractivity contribution in [2.24, 2.45) is 0 Å². The SMILES string of the molecule is CCCOc1ccccc1S(=O)(=O)N(c1cc(C)cc(OCCNc2ccnnc2)c1)C(C)(C)P(=O)=O. The normalized spacial score (nSPS) is 11.6. The minimum atomic E-state index is -4.37. The fraction of sp³-hybridized carbons (Fsp3) is 0.360. The van der Waals surface area contributed by atoms with Gasteiger partial charge in [0, 0.05) is 12.6 Å². The summed E-state index contributed by atoms with van der Waals surface area (Å²) in [5.41, 5.74) is 1.65. The van der Waals surface area contributed by atoms with Crippen molar-refractivity contribution in [3.05, 3.63) is 66.5 Å². The molecule has 37 heavy (non-hydrogen) atoms. The molecule has 0 spiro atoms. The molecule has 12 heteroatoms. The van der Waals surface area contributed by atoms with E-state index in [1.165, 1.54) is 26.0 Å². The second-order valence-corrected chi connectivity index (χ2v) is 12.1. The number of para-hydroxylation sites is 1. The highest BCUT2D eigenvalue weighted by Gasteiger charge is 2.43. The maximum absolute atomic E-state index is 14.0. The van der Waals surface area contributed by atoms with Gasteiger partial charge in [-0.15, -0.1) is 0 Å². The maximum Gasteiger partial charge on any atom is 0.342 e. The molecular weight excluding hydrogens is 515 g/mol. The second kappa shape index (κ2) is 12.2. The molecule has 198 valence electrons. The number of anilines is 2. The van der Waals surface area contributed by atoms with Gasteiger partial charge in [-0.1, -0.05) is 19.1 Å². The summed E-state index contributed by atoms with van der Waals surface area (Å²) < 4.78 is 65.2. The van der Waals surface area contributed by atoms with Crippen LogP contribution in [0.4, 0.5) is 11.4 Å². The molecule has 0 amide bonds. The van der Waals surface area contributed by atoms with Crippen LogP contribution < -0.4 is 19.1 Å².